The first-order valence-electron chi connectivity index (χ1n) is 15.5. The van der Waals surface area contributed by atoms with E-state index in [2.05, 4.69) is 52.7 Å². The van der Waals surface area contributed by atoms with E-state index in [9.17, 15) is 0 Å². The normalized spacial score (nSPS) is 21.6. The van der Waals surface area contributed by atoms with Gasteiger partial charge in [-0.25, -0.2) is 0 Å². The summed E-state index contributed by atoms with van der Waals surface area (Å²) in [6.45, 7) is 7.32. The molecule has 0 radical (unpaired) electrons. The Morgan fingerprint density at radius 2 is 1.80 bits per heavy atom. The first-order chi connectivity index (χ1) is 19.8. The van der Waals surface area contributed by atoms with E-state index in [0.717, 1.165) is 82.4 Å². The maximum atomic E-state index is 6.55. The van der Waals surface area contributed by atoms with Crippen molar-refractivity contribution in [1.29, 1.82) is 0 Å². The number of piperidine rings is 1. The van der Waals surface area contributed by atoms with Crippen LogP contribution in [-0.2, 0) is 20.8 Å². The molecule has 220 valence electrons. The monoisotopic (exact) mass is 552 g/mol. The molecule has 0 aromatic heterocycles. The summed E-state index contributed by atoms with van der Waals surface area (Å²) in [6.07, 6.45) is 10.0. The van der Waals surface area contributed by atoms with E-state index in [1.807, 2.05) is 0 Å². The van der Waals surface area contributed by atoms with Crippen LogP contribution in [-0.4, -0.2) is 71.9 Å². The van der Waals surface area contributed by atoms with Gasteiger partial charge in [-0.1, -0.05) is 37.5 Å². The molecule has 2 unspecified atom stereocenters. The predicted octanol–water partition coefficient (Wildman–Crippen LogP) is 5.70. The van der Waals surface area contributed by atoms with Gasteiger partial charge in [0.25, 0.3) is 0 Å². The van der Waals surface area contributed by atoms with Crippen molar-refractivity contribution in [3.63, 3.8) is 0 Å². The van der Waals surface area contributed by atoms with Crippen molar-refractivity contribution in [3.05, 3.63) is 53.6 Å². The minimum atomic E-state index is 0.127. The second kappa shape index (κ2) is 15.6. The summed E-state index contributed by atoms with van der Waals surface area (Å²) in [7, 11) is 1.76. The minimum absolute atomic E-state index is 0.127. The Kier molecular flexibility index (Phi) is 11.4. The van der Waals surface area contributed by atoms with Crippen LogP contribution >= 0.6 is 0 Å². The lowest BCUT2D eigenvalue weighted by Crippen LogP contribution is -2.41. The highest BCUT2D eigenvalue weighted by Gasteiger charge is 2.27. The van der Waals surface area contributed by atoms with Gasteiger partial charge in [-0.3, -0.25) is 0 Å². The highest BCUT2D eigenvalue weighted by atomic mass is 16.5. The van der Waals surface area contributed by atoms with Gasteiger partial charge in [0.1, 0.15) is 18.1 Å². The first-order valence-corrected chi connectivity index (χ1v) is 15.5. The first kappa shape index (κ1) is 29.2. The van der Waals surface area contributed by atoms with Gasteiger partial charge < -0.3 is 33.9 Å². The highest BCUT2D eigenvalue weighted by Crippen LogP contribution is 2.34. The molecule has 40 heavy (non-hydrogen) atoms. The average molecular weight is 553 g/mol. The van der Waals surface area contributed by atoms with Crippen molar-refractivity contribution >= 4 is 5.69 Å². The molecule has 2 atom stereocenters. The Morgan fingerprint density at radius 3 is 2.65 bits per heavy atom. The molecule has 5 rings (SSSR count). The number of ether oxygens (including phenoxy) is 5. The lowest BCUT2D eigenvalue weighted by atomic mass is 9.87. The van der Waals surface area contributed by atoms with E-state index in [1.165, 1.54) is 43.2 Å². The predicted molar refractivity (Wildman–Crippen MR) is 159 cm³/mol. The summed E-state index contributed by atoms with van der Waals surface area (Å²) in [6, 6.07) is 15.1. The van der Waals surface area contributed by atoms with Crippen molar-refractivity contribution in [2.45, 2.75) is 76.1 Å². The summed E-state index contributed by atoms with van der Waals surface area (Å²) < 4.78 is 29.7. The number of hydrogen-bond acceptors (Lipinski definition) is 7. The van der Waals surface area contributed by atoms with Crippen LogP contribution in [0.15, 0.2) is 42.5 Å². The van der Waals surface area contributed by atoms with Crippen LogP contribution in [0.3, 0.4) is 0 Å². The third kappa shape index (κ3) is 8.35. The molecule has 2 aromatic rings. The SMILES string of the molecule is COCCCN1CCOc2ccc(COC3CNCCC3c3ccc(OCCCOC4CCCCC4)cc3)cc21. The molecule has 1 N–H and O–H groups in total. The van der Waals surface area contributed by atoms with Gasteiger partial charge in [0.2, 0.25) is 0 Å². The van der Waals surface area contributed by atoms with Crippen LogP contribution in [0.2, 0.25) is 0 Å². The molecule has 7 nitrogen and oxygen atoms in total. The largest absolute Gasteiger partial charge is 0.494 e. The lowest BCUT2D eigenvalue weighted by molar-refractivity contribution is 0.0106. The summed E-state index contributed by atoms with van der Waals surface area (Å²) in [5, 5.41) is 3.53. The summed E-state index contributed by atoms with van der Waals surface area (Å²) >= 11 is 0. The molecule has 2 heterocycles. The number of fused-ring (bicyclic) bond motifs is 1. The zero-order chi connectivity index (χ0) is 27.4. The zero-order valence-corrected chi connectivity index (χ0v) is 24.3. The maximum Gasteiger partial charge on any atom is 0.142 e. The Balaban J connectivity index is 1.10. The molecule has 3 aliphatic rings. The Labute approximate surface area is 240 Å². The number of hydrogen-bond donors (Lipinski definition) is 1. The van der Waals surface area contributed by atoms with Crippen molar-refractivity contribution in [2.24, 2.45) is 0 Å². The summed E-state index contributed by atoms with van der Waals surface area (Å²) in [5.74, 6) is 2.26. The molecule has 2 fully saturated rings. The number of anilines is 1. The minimum Gasteiger partial charge on any atom is -0.494 e. The maximum absolute atomic E-state index is 6.55. The van der Waals surface area contributed by atoms with E-state index in [-0.39, 0.29) is 6.10 Å². The van der Waals surface area contributed by atoms with Gasteiger partial charge in [-0.15, -0.1) is 0 Å². The summed E-state index contributed by atoms with van der Waals surface area (Å²) in [4.78, 5) is 2.40. The third-order valence-corrected chi connectivity index (χ3v) is 8.42. The molecular weight excluding hydrogens is 504 g/mol. The van der Waals surface area contributed by atoms with Crippen molar-refractivity contribution in [2.75, 3.05) is 64.6 Å². The zero-order valence-electron chi connectivity index (χ0n) is 24.3. The molecular formula is C33H48N2O5. The molecule has 7 heteroatoms. The van der Waals surface area contributed by atoms with E-state index >= 15 is 0 Å². The fourth-order valence-corrected chi connectivity index (χ4v) is 6.17. The summed E-state index contributed by atoms with van der Waals surface area (Å²) in [5.41, 5.74) is 3.67. The second-order valence-corrected chi connectivity index (χ2v) is 11.3. The molecule has 1 saturated heterocycles. The van der Waals surface area contributed by atoms with Gasteiger partial charge in [0, 0.05) is 39.1 Å². The van der Waals surface area contributed by atoms with Crippen molar-refractivity contribution in [3.8, 4) is 11.5 Å². The second-order valence-electron chi connectivity index (χ2n) is 11.3. The molecule has 2 aromatic carbocycles. The van der Waals surface area contributed by atoms with Gasteiger partial charge in [0.15, 0.2) is 0 Å². The number of nitrogens with one attached hydrogen (secondary N) is 1. The van der Waals surface area contributed by atoms with Gasteiger partial charge in [-0.05, 0) is 67.6 Å². The highest BCUT2D eigenvalue weighted by molar-refractivity contribution is 5.61. The van der Waals surface area contributed by atoms with Crippen LogP contribution < -0.4 is 19.7 Å². The average Bonchev–Trinajstić information content (AvgIpc) is 3.01. The standard InChI is InChI=1S/C33H48N2O5/c1-36-19-5-17-35-18-22-39-32-14-9-26(23-31(32)35)25-40-33-24-34-16-15-30(33)27-10-12-29(13-11-27)38-21-6-20-37-28-7-3-2-4-8-28/h9-14,23,28,30,33-34H,2-8,15-22,24-25H2,1H3. The number of nitrogens with zero attached hydrogens (tertiary/aromatic N) is 1. The van der Waals surface area contributed by atoms with E-state index in [0.29, 0.717) is 25.2 Å². The fourth-order valence-electron chi connectivity index (χ4n) is 6.17. The molecule has 0 bridgehead atoms. The Morgan fingerprint density at radius 1 is 0.925 bits per heavy atom. The van der Waals surface area contributed by atoms with Crippen LogP contribution in [0.25, 0.3) is 0 Å². The lowest BCUT2D eigenvalue weighted by Gasteiger charge is -2.33. The molecule has 1 saturated carbocycles. The van der Waals surface area contributed by atoms with Crippen LogP contribution in [0.1, 0.15) is 68.4 Å². The topological polar surface area (TPSA) is 61.4 Å². The number of benzene rings is 2. The van der Waals surface area contributed by atoms with Gasteiger partial charge in [-0.2, -0.15) is 0 Å². The number of rotatable bonds is 14. The molecule has 0 amide bonds. The molecule has 0 spiro atoms. The van der Waals surface area contributed by atoms with E-state index in [1.54, 1.807) is 7.11 Å². The van der Waals surface area contributed by atoms with Crippen LogP contribution in [0.5, 0.6) is 11.5 Å². The van der Waals surface area contributed by atoms with Gasteiger partial charge in [0.05, 0.1) is 44.3 Å². The molecule has 1 aliphatic carbocycles. The Bertz CT molecular complexity index is 1010. The van der Waals surface area contributed by atoms with Crippen LogP contribution in [0.4, 0.5) is 5.69 Å². The third-order valence-electron chi connectivity index (χ3n) is 8.42. The quantitative estimate of drug-likeness (QED) is 0.302. The van der Waals surface area contributed by atoms with Gasteiger partial charge >= 0.3 is 0 Å². The number of methoxy groups -OCH3 is 1. The Hall–Kier alpha value is -2.32. The van der Waals surface area contributed by atoms with Crippen LogP contribution in [0, 0.1) is 0 Å². The van der Waals surface area contributed by atoms with E-state index < -0.39 is 0 Å². The van der Waals surface area contributed by atoms with Crippen molar-refractivity contribution in [1.82, 2.24) is 5.32 Å². The molecule has 2 aliphatic heterocycles. The smallest absolute Gasteiger partial charge is 0.142 e. The fraction of sp³-hybridized carbons (Fsp3) is 0.636. The van der Waals surface area contributed by atoms with E-state index in [4.69, 9.17) is 23.7 Å². The van der Waals surface area contributed by atoms with Crippen molar-refractivity contribution < 1.29 is 23.7 Å².